The van der Waals surface area contributed by atoms with Gasteiger partial charge in [0.2, 0.25) is 0 Å². The Morgan fingerprint density at radius 3 is 3.26 bits per heavy atom. The second-order valence-electron chi connectivity index (χ2n) is 4.55. The number of rotatable bonds is 4. The monoisotopic (exact) mass is 327 g/mol. The molecule has 0 spiro atoms. The Hall–Kier alpha value is -1.14. The molecule has 0 bridgehead atoms. The quantitative estimate of drug-likeness (QED) is 0.925. The van der Waals surface area contributed by atoms with Gasteiger partial charge in [0.1, 0.15) is 0 Å². The van der Waals surface area contributed by atoms with Crippen molar-refractivity contribution in [1.29, 1.82) is 0 Å². The molecule has 1 aromatic rings. The van der Waals surface area contributed by atoms with Crippen LogP contribution in [0.4, 0.5) is 10.5 Å². The van der Waals surface area contributed by atoms with E-state index < -0.39 is 0 Å². The number of amides is 2. The van der Waals surface area contributed by atoms with Crippen molar-refractivity contribution < 1.29 is 9.53 Å². The van der Waals surface area contributed by atoms with Crippen molar-refractivity contribution in [3.8, 4) is 0 Å². The number of carbonyl (C=O) groups excluding carboxylic acids is 1. The Morgan fingerprint density at radius 1 is 1.68 bits per heavy atom. The molecule has 1 aromatic heterocycles. The summed E-state index contributed by atoms with van der Waals surface area (Å²) in [4.78, 5) is 17.9. The van der Waals surface area contributed by atoms with Gasteiger partial charge in [-0.05, 0) is 35.3 Å². The predicted octanol–water partition coefficient (Wildman–Crippen LogP) is 2.73. The lowest BCUT2D eigenvalue weighted by molar-refractivity contribution is 0.113. The third kappa shape index (κ3) is 3.91. The highest BCUT2D eigenvalue weighted by atomic mass is 79.9. The smallest absolute Gasteiger partial charge is 0.321 e. The van der Waals surface area contributed by atoms with Crippen LogP contribution in [0.15, 0.2) is 22.9 Å². The second-order valence-corrected chi connectivity index (χ2v) is 5.40. The Morgan fingerprint density at radius 2 is 2.53 bits per heavy atom. The van der Waals surface area contributed by atoms with Gasteiger partial charge in [0, 0.05) is 38.0 Å². The van der Waals surface area contributed by atoms with Crippen LogP contribution in [-0.2, 0) is 4.74 Å². The zero-order valence-corrected chi connectivity index (χ0v) is 12.5. The normalized spacial score (nSPS) is 18.6. The van der Waals surface area contributed by atoms with Gasteiger partial charge in [0.25, 0.3) is 0 Å². The molecule has 19 heavy (non-hydrogen) atoms. The van der Waals surface area contributed by atoms with Gasteiger partial charge in [-0.1, -0.05) is 0 Å². The minimum absolute atomic E-state index is 0.0640. The molecule has 2 rings (SSSR count). The first-order valence-electron chi connectivity index (χ1n) is 6.44. The van der Waals surface area contributed by atoms with Crippen molar-refractivity contribution in [2.75, 3.05) is 31.6 Å². The van der Waals surface area contributed by atoms with Crippen LogP contribution in [0.2, 0.25) is 0 Å². The number of likely N-dealkylation sites (tertiary alicyclic amines) is 1. The number of aromatic nitrogens is 1. The number of urea groups is 1. The van der Waals surface area contributed by atoms with E-state index in [0.717, 1.165) is 42.9 Å². The first kappa shape index (κ1) is 14.3. The van der Waals surface area contributed by atoms with Crippen molar-refractivity contribution >= 4 is 27.6 Å². The fraction of sp³-hybridized carbons (Fsp3) is 0.538. The highest BCUT2D eigenvalue weighted by Crippen LogP contribution is 2.22. The summed E-state index contributed by atoms with van der Waals surface area (Å²) < 4.78 is 6.19. The van der Waals surface area contributed by atoms with Crippen LogP contribution < -0.4 is 5.32 Å². The zero-order chi connectivity index (χ0) is 13.7. The molecule has 104 valence electrons. The summed E-state index contributed by atoms with van der Waals surface area (Å²) in [5.41, 5.74) is 0.744. The van der Waals surface area contributed by atoms with Crippen LogP contribution in [0.5, 0.6) is 0 Å². The molecule has 1 aliphatic heterocycles. The fourth-order valence-corrected chi connectivity index (χ4v) is 2.46. The van der Waals surface area contributed by atoms with Crippen molar-refractivity contribution in [3.63, 3.8) is 0 Å². The van der Waals surface area contributed by atoms with Crippen molar-refractivity contribution in [2.24, 2.45) is 5.92 Å². The standard InChI is InChI=1S/C13H18BrN3O2/c1-2-19-9-10-4-6-17(8-10)13(18)16-12-3-5-15-7-11(12)14/h3,5,7,10H,2,4,6,8-9H2,1H3,(H,15,16,18). The minimum Gasteiger partial charge on any atom is -0.381 e. The van der Waals surface area contributed by atoms with Crippen LogP contribution in [0.1, 0.15) is 13.3 Å². The highest BCUT2D eigenvalue weighted by Gasteiger charge is 2.26. The van der Waals surface area contributed by atoms with Gasteiger partial charge in [0.15, 0.2) is 0 Å². The molecule has 2 amide bonds. The molecule has 0 saturated carbocycles. The number of hydrogen-bond acceptors (Lipinski definition) is 3. The lowest BCUT2D eigenvalue weighted by Crippen LogP contribution is -2.33. The van der Waals surface area contributed by atoms with Crippen molar-refractivity contribution in [2.45, 2.75) is 13.3 Å². The zero-order valence-electron chi connectivity index (χ0n) is 10.9. The maximum Gasteiger partial charge on any atom is 0.321 e. The van der Waals surface area contributed by atoms with E-state index in [-0.39, 0.29) is 6.03 Å². The number of halogens is 1. The van der Waals surface area contributed by atoms with Crippen molar-refractivity contribution in [1.82, 2.24) is 9.88 Å². The van der Waals surface area contributed by atoms with Gasteiger partial charge in [0.05, 0.1) is 16.8 Å². The lowest BCUT2D eigenvalue weighted by atomic mass is 10.1. The van der Waals surface area contributed by atoms with Gasteiger partial charge < -0.3 is 15.0 Å². The van der Waals surface area contributed by atoms with E-state index in [4.69, 9.17) is 4.74 Å². The predicted molar refractivity (Wildman–Crippen MR) is 77.1 cm³/mol. The molecule has 5 nitrogen and oxygen atoms in total. The number of ether oxygens (including phenoxy) is 1. The number of nitrogens with zero attached hydrogens (tertiary/aromatic N) is 2. The fourth-order valence-electron chi connectivity index (χ4n) is 2.11. The van der Waals surface area contributed by atoms with E-state index in [1.807, 2.05) is 11.8 Å². The van der Waals surface area contributed by atoms with Crippen LogP contribution in [0.25, 0.3) is 0 Å². The first-order valence-corrected chi connectivity index (χ1v) is 7.23. The van der Waals surface area contributed by atoms with Gasteiger partial charge >= 0.3 is 6.03 Å². The largest absolute Gasteiger partial charge is 0.381 e. The summed E-state index contributed by atoms with van der Waals surface area (Å²) in [7, 11) is 0. The van der Waals surface area contributed by atoms with E-state index in [0.29, 0.717) is 5.92 Å². The maximum atomic E-state index is 12.1. The number of pyridine rings is 1. The molecule has 1 atom stereocenters. The summed E-state index contributed by atoms with van der Waals surface area (Å²) in [6, 6.07) is 1.71. The third-order valence-corrected chi connectivity index (χ3v) is 3.78. The molecule has 1 unspecified atom stereocenters. The topological polar surface area (TPSA) is 54.5 Å². The summed E-state index contributed by atoms with van der Waals surface area (Å²) in [6.45, 7) is 4.99. The molecule has 1 aliphatic rings. The molecule has 0 aromatic carbocycles. The highest BCUT2D eigenvalue weighted by molar-refractivity contribution is 9.10. The summed E-state index contributed by atoms with van der Waals surface area (Å²) in [6.07, 6.45) is 4.32. The molecule has 0 aliphatic carbocycles. The summed E-state index contributed by atoms with van der Waals surface area (Å²) in [5.74, 6) is 0.451. The van der Waals surface area contributed by atoms with E-state index in [1.54, 1.807) is 18.5 Å². The van der Waals surface area contributed by atoms with Gasteiger partial charge in [-0.25, -0.2) is 4.79 Å². The van der Waals surface area contributed by atoms with Gasteiger partial charge in [-0.3, -0.25) is 4.98 Å². The Labute approximate surface area is 121 Å². The average Bonchev–Trinajstić information content (AvgIpc) is 2.88. The molecule has 6 heteroatoms. The van der Waals surface area contributed by atoms with E-state index in [2.05, 4.69) is 26.2 Å². The Bertz CT molecular complexity index is 442. The third-order valence-electron chi connectivity index (χ3n) is 3.14. The molecular weight excluding hydrogens is 310 g/mol. The lowest BCUT2D eigenvalue weighted by Gasteiger charge is -2.17. The molecular formula is C13H18BrN3O2. The second kappa shape index (κ2) is 6.86. The van der Waals surface area contributed by atoms with Crippen molar-refractivity contribution in [3.05, 3.63) is 22.9 Å². The average molecular weight is 328 g/mol. The summed E-state index contributed by atoms with van der Waals surface area (Å²) in [5, 5.41) is 2.89. The Balaban J connectivity index is 1.86. The van der Waals surface area contributed by atoms with E-state index in [1.165, 1.54) is 0 Å². The minimum atomic E-state index is -0.0640. The van der Waals surface area contributed by atoms with Crippen LogP contribution in [-0.4, -0.2) is 42.2 Å². The van der Waals surface area contributed by atoms with Crippen LogP contribution >= 0.6 is 15.9 Å². The van der Waals surface area contributed by atoms with Crippen LogP contribution in [0, 0.1) is 5.92 Å². The van der Waals surface area contributed by atoms with Gasteiger partial charge in [-0.2, -0.15) is 0 Å². The first-order chi connectivity index (χ1) is 9.20. The number of hydrogen-bond donors (Lipinski definition) is 1. The molecule has 1 N–H and O–H groups in total. The van der Waals surface area contributed by atoms with E-state index in [9.17, 15) is 4.79 Å². The molecule has 2 heterocycles. The number of carbonyl (C=O) groups is 1. The molecule has 1 saturated heterocycles. The van der Waals surface area contributed by atoms with Crippen LogP contribution in [0.3, 0.4) is 0 Å². The van der Waals surface area contributed by atoms with Gasteiger partial charge in [-0.15, -0.1) is 0 Å². The number of anilines is 1. The number of nitrogens with one attached hydrogen (secondary N) is 1. The molecule has 1 fully saturated rings. The molecule has 0 radical (unpaired) electrons. The summed E-state index contributed by atoms with van der Waals surface area (Å²) >= 11 is 3.36. The Kier molecular flexibility index (Phi) is 5.15. The maximum absolute atomic E-state index is 12.1. The van der Waals surface area contributed by atoms with E-state index >= 15 is 0 Å². The SMILES string of the molecule is CCOCC1CCN(C(=O)Nc2ccncc2Br)C1.